The van der Waals surface area contributed by atoms with Gasteiger partial charge < -0.3 is 10.2 Å². The van der Waals surface area contributed by atoms with E-state index in [1.54, 1.807) is 4.90 Å². The van der Waals surface area contributed by atoms with Crippen LogP contribution in [-0.4, -0.2) is 41.0 Å². The Kier molecular flexibility index (Phi) is 4.96. The van der Waals surface area contributed by atoms with Gasteiger partial charge >= 0.3 is 6.18 Å². The van der Waals surface area contributed by atoms with Gasteiger partial charge in [-0.2, -0.15) is 13.2 Å². The summed E-state index contributed by atoms with van der Waals surface area (Å²) in [4.78, 5) is 29.7. The summed E-state index contributed by atoms with van der Waals surface area (Å²) < 4.78 is 39.9. The number of amides is 2. The summed E-state index contributed by atoms with van der Waals surface area (Å²) >= 11 is 0. The fraction of sp³-hybridized carbons (Fsp3) is 0.588. The molecule has 2 aliphatic rings. The van der Waals surface area contributed by atoms with E-state index in [0.29, 0.717) is 25.9 Å². The number of carbonyl (C=O) groups excluding carboxylic acids is 2. The SMILES string of the molecule is O=C(NC(c1ccccn1)C(F)(F)F)C1CCN(C(=O)C2CC2)CC1. The molecular formula is C17H20F3N3O2. The van der Waals surface area contributed by atoms with Crippen molar-refractivity contribution < 1.29 is 22.8 Å². The Hall–Kier alpha value is -2.12. The summed E-state index contributed by atoms with van der Waals surface area (Å²) in [6.07, 6.45) is -0.754. The Bertz CT molecular complexity index is 624. The van der Waals surface area contributed by atoms with Crippen LogP contribution in [0.2, 0.25) is 0 Å². The van der Waals surface area contributed by atoms with Gasteiger partial charge in [0.15, 0.2) is 6.04 Å². The minimum atomic E-state index is -4.62. The maximum Gasteiger partial charge on any atom is 0.414 e. The maximum absolute atomic E-state index is 13.3. The molecule has 136 valence electrons. The summed E-state index contributed by atoms with van der Waals surface area (Å²) in [6.45, 7) is 0.849. The molecule has 0 aromatic carbocycles. The number of hydrogen-bond acceptors (Lipinski definition) is 3. The molecule has 2 heterocycles. The van der Waals surface area contributed by atoms with Gasteiger partial charge in [0.05, 0.1) is 5.69 Å². The molecule has 1 aromatic rings. The van der Waals surface area contributed by atoms with Crippen LogP contribution in [0.15, 0.2) is 24.4 Å². The van der Waals surface area contributed by atoms with Crippen molar-refractivity contribution in [2.24, 2.45) is 11.8 Å². The molecule has 5 nitrogen and oxygen atoms in total. The van der Waals surface area contributed by atoms with Gasteiger partial charge in [-0.3, -0.25) is 14.6 Å². The summed E-state index contributed by atoms with van der Waals surface area (Å²) in [5, 5.41) is 2.09. The number of rotatable bonds is 4. The number of alkyl halides is 3. The van der Waals surface area contributed by atoms with E-state index >= 15 is 0 Å². The van der Waals surface area contributed by atoms with E-state index in [2.05, 4.69) is 10.3 Å². The van der Waals surface area contributed by atoms with E-state index in [1.165, 1.54) is 24.4 Å². The van der Waals surface area contributed by atoms with Gasteiger partial charge in [-0.15, -0.1) is 0 Å². The quantitative estimate of drug-likeness (QED) is 0.902. The lowest BCUT2D eigenvalue weighted by Crippen LogP contribution is -2.46. The van der Waals surface area contributed by atoms with E-state index in [4.69, 9.17) is 0 Å². The smallest absolute Gasteiger partial charge is 0.342 e. The fourth-order valence-electron chi connectivity index (χ4n) is 3.08. The van der Waals surface area contributed by atoms with Crippen molar-refractivity contribution in [3.8, 4) is 0 Å². The number of likely N-dealkylation sites (tertiary alicyclic amines) is 1. The second kappa shape index (κ2) is 7.01. The first-order valence-corrected chi connectivity index (χ1v) is 8.43. The van der Waals surface area contributed by atoms with Crippen LogP contribution in [0.25, 0.3) is 0 Å². The summed E-state index contributed by atoms with van der Waals surface area (Å²) in [5.74, 6) is -0.923. The first kappa shape index (κ1) is 17.7. The van der Waals surface area contributed by atoms with E-state index in [9.17, 15) is 22.8 Å². The lowest BCUT2D eigenvalue weighted by atomic mass is 9.95. The predicted octanol–water partition coefficient (Wildman–Crippen LogP) is 2.45. The molecule has 1 atom stereocenters. The molecule has 2 amide bonds. The molecule has 1 saturated carbocycles. The normalized spacial score (nSPS) is 20.2. The minimum Gasteiger partial charge on any atom is -0.342 e. The number of hydrogen-bond donors (Lipinski definition) is 1. The highest BCUT2D eigenvalue weighted by Gasteiger charge is 2.44. The van der Waals surface area contributed by atoms with Gasteiger partial charge in [0.2, 0.25) is 11.8 Å². The van der Waals surface area contributed by atoms with Crippen molar-refractivity contribution in [2.45, 2.75) is 37.9 Å². The molecule has 2 fully saturated rings. The zero-order valence-corrected chi connectivity index (χ0v) is 13.6. The molecule has 0 bridgehead atoms. The third kappa shape index (κ3) is 4.29. The van der Waals surface area contributed by atoms with Gasteiger partial charge in [-0.05, 0) is 37.8 Å². The molecule has 1 N–H and O–H groups in total. The number of nitrogens with zero attached hydrogens (tertiary/aromatic N) is 2. The van der Waals surface area contributed by atoms with Crippen molar-refractivity contribution in [2.75, 3.05) is 13.1 Å². The van der Waals surface area contributed by atoms with Crippen molar-refractivity contribution in [3.63, 3.8) is 0 Å². The molecule has 8 heteroatoms. The van der Waals surface area contributed by atoms with Crippen molar-refractivity contribution >= 4 is 11.8 Å². The van der Waals surface area contributed by atoms with Crippen LogP contribution in [0.3, 0.4) is 0 Å². The Morgan fingerprint density at radius 3 is 2.32 bits per heavy atom. The molecule has 1 saturated heterocycles. The first-order valence-electron chi connectivity index (χ1n) is 8.43. The number of aromatic nitrogens is 1. The van der Waals surface area contributed by atoms with Crippen molar-refractivity contribution in [3.05, 3.63) is 30.1 Å². The van der Waals surface area contributed by atoms with Crippen LogP contribution < -0.4 is 5.32 Å². The number of piperidine rings is 1. The van der Waals surface area contributed by atoms with Crippen LogP contribution in [0.5, 0.6) is 0 Å². The number of pyridine rings is 1. The Morgan fingerprint density at radius 1 is 1.12 bits per heavy atom. The Labute approximate surface area is 143 Å². The second-order valence-electron chi connectivity index (χ2n) is 6.61. The average Bonchev–Trinajstić information content (AvgIpc) is 3.44. The van der Waals surface area contributed by atoms with E-state index in [0.717, 1.165) is 12.8 Å². The third-order valence-electron chi connectivity index (χ3n) is 4.70. The largest absolute Gasteiger partial charge is 0.414 e. The third-order valence-corrected chi connectivity index (χ3v) is 4.70. The lowest BCUT2D eigenvalue weighted by Gasteiger charge is -2.32. The molecular weight excluding hydrogens is 335 g/mol. The van der Waals surface area contributed by atoms with E-state index in [1.807, 2.05) is 0 Å². The van der Waals surface area contributed by atoms with Crippen molar-refractivity contribution in [1.82, 2.24) is 15.2 Å². The van der Waals surface area contributed by atoms with Crippen LogP contribution >= 0.6 is 0 Å². The zero-order valence-electron chi connectivity index (χ0n) is 13.6. The highest BCUT2D eigenvalue weighted by molar-refractivity contribution is 5.82. The van der Waals surface area contributed by atoms with Gasteiger partial charge in [-0.1, -0.05) is 6.07 Å². The topological polar surface area (TPSA) is 62.3 Å². The Balaban J connectivity index is 1.59. The van der Waals surface area contributed by atoms with Crippen molar-refractivity contribution in [1.29, 1.82) is 0 Å². The second-order valence-corrected chi connectivity index (χ2v) is 6.61. The summed E-state index contributed by atoms with van der Waals surface area (Å²) in [5.41, 5.74) is -0.232. The molecule has 1 aliphatic carbocycles. The maximum atomic E-state index is 13.3. The molecule has 3 rings (SSSR count). The highest BCUT2D eigenvalue weighted by atomic mass is 19.4. The van der Waals surface area contributed by atoms with Gasteiger partial charge in [-0.25, -0.2) is 0 Å². The standard InChI is InChI=1S/C17H20F3N3O2/c18-17(19,20)14(13-3-1-2-8-21-13)22-15(24)11-6-9-23(10-7-11)16(25)12-4-5-12/h1-3,8,11-12,14H,4-7,9-10H2,(H,22,24). The monoisotopic (exact) mass is 355 g/mol. The number of halogens is 3. The molecule has 0 spiro atoms. The van der Waals surface area contributed by atoms with Crippen LogP contribution in [0, 0.1) is 11.8 Å². The summed E-state index contributed by atoms with van der Waals surface area (Å²) in [7, 11) is 0. The lowest BCUT2D eigenvalue weighted by molar-refractivity contribution is -0.165. The molecule has 0 radical (unpaired) electrons. The van der Waals surface area contributed by atoms with Gasteiger partial charge in [0.25, 0.3) is 0 Å². The number of nitrogens with one attached hydrogen (secondary N) is 1. The molecule has 1 aromatic heterocycles. The van der Waals surface area contributed by atoms with Gasteiger partial charge in [0, 0.05) is 31.1 Å². The average molecular weight is 355 g/mol. The predicted molar refractivity (Wildman–Crippen MR) is 83.2 cm³/mol. The molecule has 1 aliphatic heterocycles. The highest BCUT2D eigenvalue weighted by Crippen LogP contribution is 2.34. The number of carbonyl (C=O) groups is 2. The Morgan fingerprint density at radius 2 is 1.80 bits per heavy atom. The molecule has 1 unspecified atom stereocenters. The van der Waals surface area contributed by atoms with E-state index in [-0.39, 0.29) is 17.5 Å². The van der Waals surface area contributed by atoms with Gasteiger partial charge in [0.1, 0.15) is 0 Å². The van der Waals surface area contributed by atoms with Crippen LogP contribution in [-0.2, 0) is 9.59 Å². The van der Waals surface area contributed by atoms with E-state index < -0.39 is 24.0 Å². The fourth-order valence-corrected chi connectivity index (χ4v) is 3.08. The zero-order chi connectivity index (χ0) is 18.0. The minimum absolute atomic E-state index is 0.112. The molecule has 25 heavy (non-hydrogen) atoms. The van der Waals surface area contributed by atoms with Crippen LogP contribution in [0.1, 0.15) is 37.4 Å². The van der Waals surface area contributed by atoms with Crippen LogP contribution in [0.4, 0.5) is 13.2 Å². The summed E-state index contributed by atoms with van der Waals surface area (Å²) in [6, 6.07) is 2.10. The first-order chi connectivity index (χ1) is 11.9.